The lowest BCUT2D eigenvalue weighted by atomic mass is 10.1. The van der Waals surface area contributed by atoms with Crippen LogP contribution >= 0.6 is 11.3 Å². The fraction of sp³-hybridized carbons (Fsp3) is 0.312. The molecular weight excluding hydrogens is 286 g/mol. The number of aryl methyl sites for hydroxylation is 1. The van der Waals surface area contributed by atoms with Gasteiger partial charge in [0.2, 0.25) is 0 Å². The zero-order valence-corrected chi connectivity index (χ0v) is 13.5. The van der Waals surface area contributed by atoms with Gasteiger partial charge in [-0.1, -0.05) is 0 Å². The molecule has 1 aromatic carbocycles. The van der Waals surface area contributed by atoms with Crippen molar-refractivity contribution < 1.29 is 14.3 Å². The third-order valence-corrected chi connectivity index (χ3v) is 4.19. The predicted molar refractivity (Wildman–Crippen MR) is 84.4 cm³/mol. The molecule has 0 saturated heterocycles. The van der Waals surface area contributed by atoms with Crippen molar-refractivity contribution in [1.82, 2.24) is 4.90 Å². The van der Waals surface area contributed by atoms with Crippen LogP contribution in [0, 0.1) is 6.92 Å². The molecule has 2 aromatic rings. The zero-order valence-electron chi connectivity index (χ0n) is 12.7. The Labute approximate surface area is 128 Å². The summed E-state index contributed by atoms with van der Waals surface area (Å²) >= 11 is 1.51. The number of carbonyl (C=O) groups excluding carboxylic acids is 1. The van der Waals surface area contributed by atoms with E-state index in [-0.39, 0.29) is 5.91 Å². The van der Waals surface area contributed by atoms with Gasteiger partial charge in [-0.2, -0.15) is 0 Å². The lowest BCUT2D eigenvalue weighted by molar-refractivity contribution is 0.0789. The number of methoxy groups -OCH3 is 2. The molecule has 112 valence electrons. The molecule has 0 radical (unpaired) electrons. The van der Waals surface area contributed by atoms with E-state index >= 15 is 0 Å². The monoisotopic (exact) mass is 305 g/mol. The first-order valence-corrected chi connectivity index (χ1v) is 7.39. The molecule has 1 heterocycles. The molecule has 0 unspecified atom stereocenters. The van der Waals surface area contributed by atoms with E-state index in [1.165, 1.54) is 11.3 Å². The number of rotatable bonds is 5. The Bertz CT molecular complexity index is 636. The average molecular weight is 305 g/mol. The Morgan fingerprint density at radius 2 is 1.95 bits per heavy atom. The van der Waals surface area contributed by atoms with Crippen molar-refractivity contribution in [2.75, 3.05) is 21.3 Å². The van der Waals surface area contributed by atoms with Gasteiger partial charge >= 0.3 is 0 Å². The highest BCUT2D eigenvalue weighted by Crippen LogP contribution is 2.26. The number of benzene rings is 1. The van der Waals surface area contributed by atoms with E-state index in [0.717, 1.165) is 26.8 Å². The standard InChI is InChI=1S/C16H19NO3S/c1-11-5-8-15(21-11)16(18)17(2)10-12-6-7-13(19-3)9-14(12)20-4/h5-9H,10H2,1-4H3. The van der Waals surface area contributed by atoms with Gasteiger partial charge in [0, 0.05) is 30.1 Å². The molecule has 21 heavy (non-hydrogen) atoms. The molecule has 0 atom stereocenters. The van der Waals surface area contributed by atoms with Gasteiger partial charge in [0.15, 0.2) is 0 Å². The maximum atomic E-state index is 12.4. The number of hydrogen-bond acceptors (Lipinski definition) is 4. The number of ether oxygens (including phenoxy) is 2. The van der Waals surface area contributed by atoms with Crippen molar-refractivity contribution in [2.24, 2.45) is 0 Å². The third kappa shape index (κ3) is 3.55. The molecule has 1 aromatic heterocycles. The highest BCUT2D eigenvalue weighted by atomic mass is 32.1. The first kappa shape index (κ1) is 15.4. The van der Waals surface area contributed by atoms with Gasteiger partial charge < -0.3 is 14.4 Å². The SMILES string of the molecule is COc1ccc(CN(C)C(=O)c2ccc(C)s2)c(OC)c1. The van der Waals surface area contributed by atoms with Crippen molar-refractivity contribution in [1.29, 1.82) is 0 Å². The van der Waals surface area contributed by atoms with Crippen LogP contribution in [-0.4, -0.2) is 32.1 Å². The van der Waals surface area contributed by atoms with Crippen molar-refractivity contribution in [3.05, 3.63) is 45.6 Å². The van der Waals surface area contributed by atoms with Crippen molar-refractivity contribution >= 4 is 17.2 Å². The van der Waals surface area contributed by atoms with Crippen LogP contribution in [-0.2, 0) is 6.54 Å². The van der Waals surface area contributed by atoms with Gasteiger partial charge in [0.25, 0.3) is 5.91 Å². The van der Waals surface area contributed by atoms with E-state index in [1.807, 2.05) is 37.3 Å². The second kappa shape index (κ2) is 6.63. The first-order valence-electron chi connectivity index (χ1n) is 6.58. The summed E-state index contributed by atoms with van der Waals surface area (Å²) in [6.45, 7) is 2.48. The molecule has 0 bridgehead atoms. The lowest BCUT2D eigenvalue weighted by Crippen LogP contribution is -2.25. The van der Waals surface area contributed by atoms with Gasteiger partial charge in [0.1, 0.15) is 11.5 Å². The molecule has 0 aliphatic carbocycles. The molecule has 5 heteroatoms. The number of thiophene rings is 1. The van der Waals surface area contributed by atoms with Crippen LogP contribution in [0.3, 0.4) is 0 Å². The molecule has 0 spiro atoms. The van der Waals surface area contributed by atoms with Gasteiger partial charge in [-0.05, 0) is 31.2 Å². The lowest BCUT2D eigenvalue weighted by Gasteiger charge is -2.18. The second-order valence-corrected chi connectivity index (χ2v) is 6.04. The minimum absolute atomic E-state index is 0.0194. The van der Waals surface area contributed by atoms with Crippen molar-refractivity contribution in [3.63, 3.8) is 0 Å². The van der Waals surface area contributed by atoms with E-state index in [1.54, 1.807) is 26.2 Å². The number of carbonyl (C=O) groups is 1. The number of amides is 1. The van der Waals surface area contributed by atoms with Crippen LogP contribution in [0.25, 0.3) is 0 Å². The molecule has 0 N–H and O–H groups in total. The Hall–Kier alpha value is -2.01. The summed E-state index contributed by atoms with van der Waals surface area (Å²) in [7, 11) is 5.02. The Kier molecular flexibility index (Phi) is 4.85. The molecule has 0 aliphatic heterocycles. The van der Waals surface area contributed by atoms with Crippen LogP contribution in [0.4, 0.5) is 0 Å². The highest BCUT2D eigenvalue weighted by molar-refractivity contribution is 7.13. The van der Waals surface area contributed by atoms with Crippen molar-refractivity contribution in [2.45, 2.75) is 13.5 Å². The number of hydrogen-bond donors (Lipinski definition) is 0. The molecule has 0 saturated carbocycles. The summed E-state index contributed by atoms with van der Waals surface area (Å²) in [4.78, 5) is 15.9. The summed E-state index contributed by atoms with van der Waals surface area (Å²) in [5.41, 5.74) is 0.947. The highest BCUT2D eigenvalue weighted by Gasteiger charge is 2.16. The summed E-state index contributed by atoms with van der Waals surface area (Å²) < 4.78 is 10.5. The quantitative estimate of drug-likeness (QED) is 0.850. The molecule has 0 aliphatic rings. The van der Waals surface area contributed by atoms with Gasteiger partial charge in [-0.15, -0.1) is 11.3 Å². The first-order chi connectivity index (χ1) is 10.0. The fourth-order valence-electron chi connectivity index (χ4n) is 2.05. The molecule has 0 fully saturated rings. The number of nitrogens with zero attached hydrogens (tertiary/aromatic N) is 1. The summed E-state index contributed by atoms with van der Waals surface area (Å²) in [5, 5.41) is 0. The van der Waals surface area contributed by atoms with E-state index in [9.17, 15) is 4.79 Å². The Morgan fingerprint density at radius 3 is 2.52 bits per heavy atom. The van der Waals surface area contributed by atoms with Gasteiger partial charge in [0.05, 0.1) is 19.1 Å². The van der Waals surface area contributed by atoms with Crippen LogP contribution in [0.15, 0.2) is 30.3 Å². The zero-order chi connectivity index (χ0) is 15.4. The third-order valence-electron chi connectivity index (χ3n) is 3.20. The maximum Gasteiger partial charge on any atom is 0.263 e. The van der Waals surface area contributed by atoms with Crippen molar-refractivity contribution in [3.8, 4) is 11.5 Å². The smallest absolute Gasteiger partial charge is 0.263 e. The fourth-order valence-corrected chi connectivity index (χ4v) is 2.91. The Balaban J connectivity index is 2.15. The van der Waals surface area contributed by atoms with E-state index in [0.29, 0.717) is 6.54 Å². The molecule has 2 rings (SSSR count). The minimum atomic E-state index is 0.0194. The van der Waals surface area contributed by atoms with E-state index < -0.39 is 0 Å². The van der Waals surface area contributed by atoms with Crippen LogP contribution in [0.1, 0.15) is 20.1 Å². The van der Waals surface area contributed by atoms with Gasteiger partial charge in [-0.25, -0.2) is 0 Å². The van der Waals surface area contributed by atoms with Crippen LogP contribution in [0.2, 0.25) is 0 Å². The predicted octanol–water partition coefficient (Wildman–Crippen LogP) is 3.35. The Morgan fingerprint density at radius 1 is 1.19 bits per heavy atom. The normalized spacial score (nSPS) is 10.3. The molecular formula is C16H19NO3S. The second-order valence-electron chi connectivity index (χ2n) is 4.75. The average Bonchev–Trinajstić information content (AvgIpc) is 2.93. The maximum absolute atomic E-state index is 12.4. The van der Waals surface area contributed by atoms with Crippen LogP contribution in [0.5, 0.6) is 11.5 Å². The summed E-state index contributed by atoms with van der Waals surface area (Å²) in [6.07, 6.45) is 0. The van der Waals surface area contributed by atoms with E-state index in [4.69, 9.17) is 9.47 Å². The van der Waals surface area contributed by atoms with Gasteiger partial charge in [-0.3, -0.25) is 4.79 Å². The summed E-state index contributed by atoms with van der Waals surface area (Å²) in [5.74, 6) is 1.47. The molecule has 1 amide bonds. The topological polar surface area (TPSA) is 38.8 Å². The summed E-state index contributed by atoms with van der Waals surface area (Å²) in [6, 6.07) is 9.43. The minimum Gasteiger partial charge on any atom is -0.497 e. The van der Waals surface area contributed by atoms with E-state index in [2.05, 4.69) is 0 Å². The largest absolute Gasteiger partial charge is 0.497 e. The van der Waals surface area contributed by atoms with Crippen LogP contribution < -0.4 is 9.47 Å². The molecule has 4 nitrogen and oxygen atoms in total.